The number of aromatic nitrogens is 2. The lowest BCUT2D eigenvalue weighted by Crippen LogP contribution is -2.26. The van der Waals surface area contributed by atoms with Gasteiger partial charge in [0.2, 0.25) is 10.0 Å². The summed E-state index contributed by atoms with van der Waals surface area (Å²) >= 11 is 1.22. The van der Waals surface area contributed by atoms with Crippen molar-refractivity contribution in [2.75, 3.05) is 6.54 Å². The number of aliphatic hydroxyl groups is 1. The maximum atomic E-state index is 12.0. The summed E-state index contributed by atoms with van der Waals surface area (Å²) in [6.45, 7) is 0.144. The molecular formula is C11H15N3O3S2. The van der Waals surface area contributed by atoms with Crippen molar-refractivity contribution in [2.45, 2.75) is 17.9 Å². The minimum Gasteiger partial charge on any atom is -0.391 e. The van der Waals surface area contributed by atoms with Crippen molar-refractivity contribution in [3.63, 3.8) is 0 Å². The van der Waals surface area contributed by atoms with Crippen LogP contribution in [0.4, 0.5) is 0 Å². The van der Waals surface area contributed by atoms with E-state index in [9.17, 15) is 8.42 Å². The van der Waals surface area contributed by atoms with Gasteiger partial charge in [0, 0.05) is 42.7 Å². The summed E-state index contributed by atoms with van der Waals surface area (Å²) in [6, 6.07) is 1.48. The second-order valence-corrected chi connectivity index (χ2v) is 6.77. The highest BCUT2D eigenvalue weighted by Crippen LogP contribution is 2.18. The number of nitrogens with zero attached hydrogens (tertiary/aromatic N) is 2. The molecule has 2 N–H and O–H groups in total. The molecule has 0 atom stereocenters. The Hall–Kier alpha value is -1.22. The molecule has 104 valence electrons. The fourth-order valence-corrected chi connectivity index (χ4v) is 3.77. The van der Waals surface area contributed by atoms with Crippen LogP contribution in [0.3, 0.4) is 0 Å². The highest BCUT2D eigenvalue weighted by Gasteiger charge is 2.15. The minimum atomic E-state index is -3.50. The first-order chi connectivity index (χ1) is 9.03. The lowest BCUT2D eigenvalue weighted by Gasteiger charge is -2.05. The van der Waals surface area contributed by atoms with Crippen LogP contribution in [0.25, 0.3) is 0 Å². The van der Waals surface area contributed by atoms with Gasteiger partial charge in [-0.15, -0.1) is 11.3 Å². The Bertz CT molecular complexity index is 646. The summed E-state index contributed by atoms with van der Waals surface area (Å²) in [5.74, 6) is 0.823. The SMILES string of the molecule is Cn1ccnc1CCNS(=O)(=O)c1csc(CO)c1. The molecule has 0 saturated heterocycles. The van der Waals surface area contributed by atoms with Gasteiger partial charge in [-0.1, -0.05) is 0 Å². The van der Waals surface area contributed by atoms with Crippen molar-refractivity contribution >= 4 is 21.4 Å². The van der Waals surface area contributed by atoms with E-state index >= 15 is 0 Å². The van der Waals surface area contributed by atoms with Crippen LogP contribution in [0, 0.1) is 0 Å². The fourth-order valence-electron chi connectivity index (χ4n) is 1.60. The van der Waals surface area contributed by atoms with E-state index in [4.69, 9.17) is 5.11 Å². The molecular weight excluding hydrogens is 286 g/mol. The Morgan fingerprint density at radius 3 is 2.89 bits per heavy atom. The third kappa shape index (κ3) is 3.41. The first-order valence-corrected chi connectivity index (χ1v) is 8.03. The van der Waals surface area contributed by atoms with Gasteiger partial charge in [-0.05, 0) is 6.07 Å². The van der Waals surface area contributed by atoms with E-state index in [1.54, 1.807) is 6.20 Å². The molecule has 6 nitrogen and oxygen atoms in total. The van der Waals surface area contributed by atoms with Gasteiger partial charge in [-0.25, -0.2) is 18.1 Å². The van der Waals surface area contributed by atoms with Crippen molar-refractivity contribution in [3.05, 3.63) is 34.5 Å². The fraction of sp³-hybridized carbons (Fsp3) is 0.364. The molecule has 0 aliphatic carbocycles. The molecule has 2 heterocycles. The molecule has 2 rings (SSSR count). The number of aliphatic hydroxyl groups excluding tert-OH is 1. The molecule has 19 heavy (non-hydrogen) atoms. The molecule has 0 aliphatic heterocycles. The number of hydrogen-bond donors (Lipinski definition) is 2. The monoisotopic (exact) mass is 301 g/mol. The predicted molar refractivity (Wildman–Crippen MR) is 72.3 cm³/mol. The Morgan fingerprint density at radius 1 is 1.53 bits per heavy atom. The molecule has 0 unspecified atom stereocenters. The summed E-state index contributed by atoms with van der Waals surface area (Å²) < 4.78 is 28.3. The normalized spacial score (nSPS) is 11.9. The number of nitrogens with one attached hydrogen (secondary N) is 1. The first kappa shape index (κ1) is 14.2. The van der Waals surface area contributed by atoms with Crippen LogP contribution in [-0.4, -0.2) is 29.6 Å². The standard InChI is InChI=1S/C11H15N3O3S2/c1-14-5-4-12-11(14)2-3-13-19(16,17)10-6-9(7-15)18-8-10/h4-6,8,13,15H,2-3,7H2,1H3. The maximum absolute atomic E-state index is 12.0. The van der Waals surface area contributed by atoms with Crippen LogP contribution in [0.1, 0.15) is 10.7 Å². The van der Waals surface area contributed by atoms with Crippen molar-refractivity contribution in [2.24, 2.45) is 7.05 Å². The molecule has 2 aromatic rings. The zero-order valence-corrected chi connectivity index (χ0v) is 12.0. The van der Waals surface area contributed by atoms with Crippen molar-refractivity contribution < 1.29 is 13.5 Å². The maximum Gasteiger partial charge on any atom is 0.241 e. The van der Waals surface area contributed by atoms with Crippen molar-refractivity contribution in [1.82, 2.24) is 14.3 Å². The third-order valence-corrected chi connectivity index (χ3v) is 5.17. The van der Waals surface area contributed by atoms with E-state index < -0.39 is 10.0 Å². The van der Waals surface area contributed by atoms with Crippen LogP contribution in [0.5, 0.6) is 0 Å². The van der Waals surface area contributed by atoms with E-state index in [1.165, 1.54) is 22.8 Å². The summed E-state index contributed by atoms with van der Waals surface area (Å²) in [5.41, 5.74) is 0. The lowest BCUT2D eigenvalue weighted by molar-refractivity contribution is 0.285. The van der Waals surface area contributed by atoms with E-state index in [1.807, 2.05) is 17.8 Å². The van der Waals surface area contributed by atoms with Gasteiger partial charge in [0.15, 0.2) is 0 Å². The van der Waals surface area contributed by atoms with Gasteiger partial charge in [-0.3, -0.25) is 0 Å². The molecule has 0 saturated carbocycles. The number of aryl methyl sites for hydroxylation is 1. The van der Waals surface area contributed by atoms with Crippen molar-refractivity contribution in [1.29, 1.82) is 0 Å². The lowest BCUT2D eigenvalue weighted by atomic mass is 10.4. The zero-order chi connectivity index (χ0) is 13.9. The van der Waals surface area contributed by atoms with Crippen LogP contribution in [-0.2, 0) is 30.1 Å². The van der Waals surface area contributed by atoms with Crippen molar-refractivity contribution in [3.8, 4) is 0 Å². The van der Waals surface area contributed by atoms with Gasteiger partial charge >= 0.3 is 0 Å². The molecule has 2 aromatic heterocycles. The second kappa shape index (κ2) is 5.83. The number of sulfonamides is 1. The average Bonchev–Trinajstić information content (AvgIpc) is 2.99. The quantitative estimate of drug-likeness (QED) is 0.813. The summed E-state index contributed by atoms with van der Waals surface area (Å²) in [5, 5.41) is 10.5. The van der Waals surface area contributed by atoms with E-state index in [0.29, 0.717) is 11.3 Å². The Morgan fingerprint density at radius 2 is 2.32 bits per heavy atom. The van der Waals surface area contributed by atoms with Crippen LogP contribution < -0.4 is 4.72 Å². The van der Waals surface area contributed by atoms with Gasteiger partial charge < -0.3 is 9.67 Å². The molecule has 0 aliphatic rings. The van der Waals surface area contributed by atoms with E-state index in [2.05, 4.69) is 9.71 Å². The summed E-state index contributed by atoms with van der Waals surface area (Å²) in [7, 11) is -1.64. The second-order valence-electron chi connectivity index (χ2n) is 4.01. The molecule has 0 spiro atoms. The first-order valence-electron chi connectivity index (χ1n) is 5.67. The number of thiophene rings is 1. The van der Waals surface area contributed by atoms with Gasteiger partial charge in [-0.2, -0.15) is 0 Å². The van der Waals surface area contributed by atoms with E-state index in [-0.39, 0.29) is 18.0 Å². The topological polar surface area (TPSA) is 84.2 Å². The third-order valence-electron chi connectivity index (χ3n) is 2.66. The predicted octanol–water partition coefficient (Wildman–Crippen LogP) is 0.495. The Kier molecular flexibility index (Phi) is 4.35. The number of rotatable bonds is 6. The van der Waals surface area contributed by atoms with Gasteiger partial charge in [0.25, 0.3) is 0 Å². The van der Waals surface area contributed by atoms with Crippen LogP contribution in [0.2, 0.25) is 0 Å². The smallest absolute Gasteiger partial charge is 0.241 e. The molecule has 0 aromatic carbocycles. The molecule has 0 amide bonds. The molecule has 0 fully saturated rings. The Labute approximate surface area is 115 Å². The number of hydrogen-bond acceptors (Lipinski definition) is 5. The minimum absolute atomic E-state index is 0.145. The van der Waals surface area contributed by atoms with Gasteiger partial charge in [0.05, 0.1) is 11.5 Å². The average molecular weight is 301 g/mol. The van der Waals surface area contributed by atoms with Crippen LogP contribution >= 0.6 is 11.3 Å². The Balaban J connectivity index is 1.96. The zero-order valence-electron chi connectivity index (χ0n) is 10.4. The highest BCUT2D eigenvalue weighted by molar-refractivity contribution is 7.89. The summed E-state index contributed by atoms with van der Waals surface area (Å²) in [4.78, 5) is 4.95. The highest BCUT2D eigenvalue weighted by atomic mass is 32.2. The van der Waals surface area contributed by atoms with Crippen LogP contribution in [0.15, 0.2) is 28.7 Å². The molecule has 0 bridgehead atoms. The molecule has 0 radical (unpaired) electrons. The largest absolute Gasteiger partial charge is 0.391 e. The van der Waals surface area contributed by atoms with E-state index in [0.717, 1.165) is 5.82 Å². The van der Waals surface area contributed by atoms with Gasteiger partial charge in [0.1, 0.15) is 5.82 Å². The summed E-state index contributed by atoms with van der Waals surface area (Å²) in [6.07, 6.45) is 4.02. The molecule has 8 heteroatoms. The number of imidazole rings is 1.